The molecule has 0 spiro atoms. The van der Waals surface area contributed by atoms with Crippen molar-refractivity contribution >= 4 is 22.6 Å². The monoisotopic (exact) mass is 463 g/mol. The number of aromatic nitrogens is 3. The third kappa shape index (κ3) is 4.78. The van der Waals surface area contributed by atoms with Crippen LogP contribution in [0.15, 0.2) is 54.9 Å². The van der Waals surface area contributed by atoms with Gasteiger partial charge in [0.05, 0.1) is 13.0 Å². The molecule has 0 bridgehead atoms. The molecule has 7 nitrogen and oxygen atoms in total. The van der Waals surface area contributed by atoms with Crippen molar-refractivity contribution in [3.05, 3.63) is 66.5 Å². The topological polar surface area (TPSA) is 80.2 Å². The highest BCUT2D eigenvalue weighted by atomic mass is 19.1. The maximum atomic E-state index is 14.6. The lowest BCUT2D eigenvalue weighted by Gasteiger charge is -2.16. The van der Waals surface area contributed by atoms with Gasteiger partial charge in [-0.2, -0.15) is 0 Å². The Balaban J connectivity index is 1.88. The Morgan fingerprint density at radius 3 is 2.59 bits per heavy atom. The van der Waals surface area contributed by atoms with E-state index in [4.69, 9.17) is 9.72 Å². The number of nitrogens with one attached hydrogen (secondary N) is 1. The number of carbonyl (C=O) groups excluding carboxylic acids is 1. The van der Waals surface area contributed by atoms with Gasteiger partial charge >= 0.3 is 0 Å². The van der Waals surface area contributed by atoms with Crippen LogP contribution in [0, 0.1) is 11.6 Å². The molecule has 1 amide bonds. The summed E-state index contributed by atoms with van der Waals surface area (Å²) in [5.74, 6) is -0.172. The zero-order chi connectivity index (χ0) is 24.2. The first kappa shape index (κ1) is 23.0. The van der Waals surface area contributed by atoms with Crippen LogP contribution in [0.2, 0.25) is 0 Å². The number of hydrogen-bond acceptors (Lipinski definition) is 6. The molecule has 9 heteroatoms. The summed E-state index contributed by atoms with van der Waals surface area (Å²) < 4.78 is 34.1. The van der Waals surface area contributed by atoms with Gasteiger partial charge in [0.1, 0.15) is 28.7 Å². The van der Waals surface area contributed by atoms with Crippen LogP contribution in [0.4, 0.5) is 14.6 Å². The van der Waals surface area contributed by atoms with Gasteiger partial charge in [0.15, 0.2) is 5.82 Å². The predicted octanol–water partition coefficient (Wildman–Crippen LogP) is 4.54. The van der Waals surface area contributed by atoms with Crippen molar-refractivity contribution < 1.29 is 18.3 Å². The SMILES string of the molecule is CNc1nc(-c2cccnc2)nc2c(OCCC(=O)N(C)C)cc(-c3ccc(F)cc3F)cc12. The number of nitrogens with zero attached hydrogens (tertiary/aromatic N) is 4. The van der Waals surface area contributed by atoms with Crippen LogP contribution in [-0.2, 0) is 4.79 Å². The minimum absolute atomic E-state index is 0.0911. The van der Waals surface area contributed by atoms with Crippen molar-refractivity contribution in [1.29, 1.82) is 0 Å². The van der Waals surface area contributed by atoms with Crippen molar-refractivity contribution in [2.45, 2.75) is 6.42 Å². The smallest absolute Gasteiger partial charge is 0.225 e. The molecule has 0 fully saturated rings. The Labute approximate surface area is 195 Å². The number of fused-ring (bicyclic) bond motifs is 1. The van der Waals surface area contributed by atoms with Gasteiger partial charge in [0, 0.05) is 56.1 Å². The Morgan fingerprint density at radius 2 is 1.91 bits per heavy atom. The summed E-state index contributed by atoms with van der Waals surface area (Å²) in [7, 11) is 5.06. The molecule has 2 aromatic carbocycles. The van der Waals surface area contributed by atoms with Gasteiger partial charge in [0.25, 0.3) is 0 Å². The van der Waals surface area contributed by atoms with E-state index >= 15 is 0 Å². The van der Waals surface area contributed by atoms with E-state index in [-0.39, 0.29) is 24.5 Å². The number of ether oxygens (including phenoxy) is 1. The predicted molar refractivity (Wildman–Crippen MR) is 126 cm³/mol. The van der Waals surface area contributed by atoms with Gasteiger partial charge in [-0.1, -0.05) is 0 Å². The molecule has 34 heavy (non-hydrogen) atoms. The van der Waals surface area contributed by atoms with Crippen molar-refractivity contribution in [2.24, 2.45) is 0 Å². The van der Waals surface area contributed by atoms with E-state index < -0.39 is 11.6 Å². The highest BCUT2D eigenvalue weighted by Gasteiger charge is 2.17. The summed E-state index contributed by atoms with van der Waals surface area (Å²) >= 11 is 0. The molecule has 4 aromatic rings. The van der Waals surface area contributed by atoms with E-state index in [1.165, 1.54) is 17.0 Å². The van der Waals surface area contributed by atoms with Gasteiger partial charge < -0.3 is 15.0 Å². The average Bonchev–Trinajstić information content (AvgIpc) is 2.83. The van der Waals surface area contributed by atoms with Gasteiger partial charge in [0.2, 0.25) is 5.91 Å². The number of pyridine rings is 1. The quantitative estimate of drug-likeness (QED) is 0.434. The maximum absolute atomic E-state index is 14.6. The van der Waals surface area contributed by atoms with E-state index in [1.54, 1.807) is 51.7 Å². The molecule has 2 heterocycles. The number of carbonyl (C=O) groups is 1. The van der Waals surface area contributed by atoms with Crippen LogP contribution in [-0.4, -0.2) is 53.5 Å². The van der Waals surface area contributed by atoms with E-state index in [1.807, 2.05) is 6.07 Å². The van der Waals surface area contributed by atoms with Crippen LogP contribution in [0.3, 0.4) is 0 Å². The highest BCUT2D eigenvalue weighted by molar-refractivity contribution is 5.97. The maximum Gasteiger partial charge on any atom is 0.225 e. The molecule has 0 saturated carbocycles. The normalized spacial score (nSPS) is 10.9. The lowest BCUT2D eigenvalue weighted by Crippen LogP contribution is -2.23. The van der Waals surface area contributed by atoms with Crippen LogP contribution < -0.4 is 10.1 Å². The molecule has 0 aliphatic heterocycles. The number of halogens is 2. The number of rotatable bonds is 7. The van der Waals surface area contributed by atoms with Gasteiger partial charge in [-0.15, -0.1) is 0 Å². The van der Waals surface area contributed by atoms with Crippen molar-refractivity contribution in [3.8, 4) is 28.3 Å². The summed E-state index contributed by atoms with van der Waals surface area (Å²) in [4.78, 5) is 26.9. The zero-order valence-corrected chi connectivity index (χ0v) is 19.0. The lowest BCUT2D eigenvalue weighted by atomic mass is 10.0. The largest absolute Gasteiger partial charge is 0.491 e. The fourth-order valence-electron chi connectivity index (χ4n) is 3.48. The first-order chi connectivity index (χ1) is 16.4. The Kier molecular flexibility index (Phi) is 6.62. The third-order valence-corrected chi connectivity index (χ3v) is 5.24. The number of anilines is 1. The van der Waals surface area contributed by atoms with Gasteiger partial charge in [-0.05, 0) is 42.0 Å². The summed E-state index contributed by atoms with van der Waals surface area (Å²) in [6.07, 6.45) is 3.46. The van der Waals surface area contributed by atoms with Crippen LogP contribution >= 0.6 is 0 Å². The fourth-order valence-corrected chi connectivity index (χ4v) is 3.48. The summed E-state index contributed by atoms with van der Waals surface area (Å²) in [5, 5.41) is 3.65. The lowest BCUT2D eigenvalue weighted by molar-refractivity contribution is -0.129. The van der Waals surface area contributed by atoms with Crippen molar-refractivity contribution in [3.63, 3.8) is 0 Å². The third-order valence-electron chi connectivity index (χ3n) is 5.24. The van der Waals surface area contributed by atoms with E-state index in [9.17, 15) is 13.6 Å². The van der Waals surface area contributed by atoms with E-state index in [2.05, 4.69) is 15.3 Å². The van der Waals surface area contributed by atoms with Crippen molar-refractivity contribution in [1.82, 2.24) is 19.9 Å². The molecule has 0 unspecified atom stereocenters. The van der Waals surface area contributed by atoms with Crippen LogP contribution in [0.1, 0.15) is 6.42 Å². The standard InChI is InChI=1S/C25H23F2N5O2/c1-28-25-19-11-16(18-7-6-17(26)13-20(18)27)12-21(34-10-8-22(33)32(2)3)23(19)30-24(31-25)15-5-4-9-29-14-15/h4-7,9,11-14H,8,10H2,1-3H3,(H,28,30,31). The molecule has 0 aliphatic carbocycles. The first-order valence-corrected chi connectivity index (χ1v) is 10.6. The molecular weight excluding hydrogens is 440 g/mol. The second-order valence-electron chi connectivity index (χ2n) is 7.77. The first-order valence-electron chi connectivity index (χ1n) is 10.6. The van der Waals surface area contributed by atoms with Crippen molar-refractivity contribution in [2.75, 3.05) is 33.1 Å². The van der Waals surface area contributed by atoms with E-state index in [0.29, 0.717) is 39.4 Å². The molecular formula is C25H23F2N5O2. The molecule has 0 aliphatic rings. The second kappa shape index (κ2) is 9.78. The average molecular weight is 463 g/mol. The minimum Gasteiger partial charge on any atom is -0.491 e. The number of benzene rings is 2. The fraction of sp³-hybridized carbons (Fsp3) is 0.200. The summed E-state index contributed by atoms with van der Waals surface area (Å²) in [6, 6.07) is 10.4. The minimum atomic E-state index is -0.702. The summed E-state index contributed by atoms with van der Waals surface area (Å²) in [6.45, 7) is 0.0998. The Morgan fingerprint density at radius 1 is 1.09 bits per heavy atom. The molecule has 2 aromatic heterocycles. The van der Waals surface area contributed by atoms with Crippen LogP contribution in [0.5, 0.6) is 5.75 Å². The van der Waals surface area contributed by atoms with E-state index in [0.717, 1.165) is 6.07 Å². The molecule has 0 radical (unpaired) electrons. The molecule has 0 atom stereocenters. The summed E-state index contributed by atoms with van der Waals surface area (Å²) in [5.41, 5.74) is 1.87. The zero-order valence-electron chi connectivity index (χ0n) is 19.0. The number of hydrogen-bond donors (Lipinski definition) is 1. The molecule has 4 rings (SSSR count). The Hall–Kier alpha value is -4.14. The number of amides is 1. The van der Waals surface area contributed by atoms with Gasteiger partial charge in [-0.25, -0.2) is 18.7 Å². The second-order valence-corrected chi connectivity index (χ2v) is 7.77. The van der Waals surface area contributed by atoms with Crippen LogP contribution in [0.25, 0.3) is 33.4 Å². The molecule has 174 valence electrons. The molecule has 1 N–H and O–H groups in total. The molecule has 0 saturated heterocycles. The van der Waals surface area contributed by atoms with Gasteiger partial charge in [-0.3, -0.25) is 9.78 Å². The Bertz CT molecular complexity index is 1350. The highest BCUT2D eigenvalue weighted by Crippen LogP contribution is 2.36.